The molecule has 4 aliphatic carbocycles. The van der Waals surface area contributed by atoms with Crippen molar-refractivity contribution < 1.29 is 0 Å². The molecule has 2 bridgehead atoms. The summed E-state index contributed by atoms with van der Waals surface area (Å²) in [4.78, 5) is 0. The van der Waals surface area contributed by atoms with Gasteiger partial charge in [0.05, 0.1) is 0 Å². The predicted molar refractivity (Wildman–Crippen MR) is 68.2 cm³/mol. The molecule has 82 valence electrons. The van der Waals surface area contributed by atoms with E-state index in [2.05, 4.69) is 48.5 Å². The second-order valence-electron chi connectivity index (χ2n) is 5.78. The van der Waals surface area contributed by atoms with Gasteiger partial charge in [-0.2, -0.15) is 0 Å². The molecule has 0 N–H and O–H groups in total. The molecule has 0 unspecified atom stereocenters. The van der Waals surface area contributed by atoms with E-state index in [-0.39, 0.29) is 0 Å². The van der Waals surface area contributed by atoms with Crippen LogP contribution in [0.4, 0.5) is 0 Å². The normalized spacial score (nSPS) is 34.8. The third kappa shape index (κ3) is 0.878. The lowest BCUT2D eigenvalue weighted by Crippen LogP contribution is -2.26. The first-order chi connectivity index (χ1) is 8.45. The second kappa shape index (κ2) is 2.64. The van der Waals surface area contributed by atoms with Crippen molar-refractivity contribution in [2.75, 3.05) is 0 Å². The summed E-state index contributed by atoms with van der Waals surface area (Å²) in [7, 11) is 0. The highest BCUT2D eigenvalue weighted by molar-refractivity contribution is 5.58. The Balaban J connectivity index is 1.89. The van der Waals surface area contributed by atoms with Crippen LogP contribution in [-0.4, -0.2) is 0 Å². The van der Waals surface area contributed by atoms with Gasteiger partial charge in [-0.25, -0.2) is 0 Å². The molecule has 0 spiro atoms. The van der Waals surface area contributed by atoms with Crippen LogP contribution in [0.25, 0.3) is 0 Å². The van der Waals surface area contributed by atoms with Gasteiger partial charge in [0, 0.05) is 11.8 Å². The van der Waals surface area contributed by atoms with Crippen LogP contribution in [0.15, 0.2) is 48.5 Å². The van der Waals surface area contributed by atoms with E-state index in [0.29, 0.717) is 11.8 Å². The first-order valence-corrected chi connectivity index (χ1v) is 6.63. The number of rotatable bonds is 0. The Morgan fingerprint density at radius 2 is 0.941 bits per heavy atom. The van der Waals surface area contributed by atoms with E-state index in [9.17, 15) is 0 Å². The fraction of sp³-hybridized carbons (Fsp3) is 0.294. The van der Waals surface area contributed by atoms with Gasteiger partial charge < -0.3 is 0 Å². The molecule has 0 heterocycles. The SMILES string of the molecule is c1ccc2c(c1)C1c3ccccc3C2[C@@H]2C[C@@H]12. The molecular formula is C17H14. The third-order valence-electron chi connectivity index (χ3n) is 5.08. The van der Waals surface area contributed by atoms with E-state index in [1.54, 1.807) is 22.3 Å². The van der Waals surface area contributed by atoms with Crippen LogP contribution in [0, 0.1) is 11.8 Å². The highest BCUT2D eigenvalue weighted by atomic mass is 14.6. The zero-order valence-corrected chi connectivity index (χ0v) is 9.64. The van der Waals surface area contributed by atoms with E-state index < -0.39 is 0 Å². The van der Waals surface area contributed by atoms with E-state index in [0.717, 1.165) is 11.8 Å². The molecule has 0 aromatic heterocycles. The molecule has 0 radical (unpaired) electrons. The average Bonchev–Trinajstić information content (AvgIpc) is 3.18. The van der Waals surface area contributed by atoms with Gasteiger partial charge in [-0.3, -0.25) is 0 Å². The molecule has 0 heteroatoms. The summed E-state index contributed by atoms with van der Waals surface area (Å²) in [5.74, 6) is 3.31. The fourth-order valence-corrected chi connectivity index (χ4v) is 4.41. The molecule has 2 aromatic rings. The number of hydrogen-bond donors (Lipinski definition) is 0. The van der Waals surface area contributed by atoms with Crippen LogP contribution in [-0.2, 0) is 0 Å². The van der Waals surface area contributed by atoms with Gasteiger partial charge in [-0.1, -0.05) is 48.5 Å². The fourth-order valence-electron chi connectivity index (χ4n) is 4.41. The Hall–Kier alpha value is -1.56. The minimum absolute atomic E-state index is 0.706. The lowest BCUT2D eigenvalue weighted by atomic mass is 9.64. The van der Waals surface area contributed by atoms with E-state index in [1.165, 1.54) is 6.42 Å². The zero-order valence-electron chi connectivity index (χ0n) is 9.64. The Labute approximate surface area is 101 Å². The predicted octanol–water partition coefficient (Wildman–Crippen LogP) is 3.91. The minimum Gasteiger partial charge on any atom is -0.0620 e. The second-order valence-corrected chi connectivity index (χ2v) is 5.78. The number of benzene rings is 2. The molecule has 4 aliphatic rings. The maximum Gasteiger partial charge on any atom is 0.0127 e. The topological polar surface area (TPSA) is 0 Å². The minimum atomic E-state index is 0.706. The summed E-state index contributed by atoms with van der Waals surface area (Å²) in [6, 6.07) is 18.3. The lowest BCUT2D eigenvalue weighted by molar-refractivity contribution is 0.491. The van der Waals surface area contributed by atoms with E-state index in [4.69, 9.17) is 0 Å². The van der Waals surface area contributed by atoms with Gasteiger partial charge in [-0.15, -0.1) is 0 Å². The van der Waals surface area contributed by atoms with Crippen LogP contribution in [0.5, 0.6) is 0 Å². The van der Waals surface area contributed by atoms with Crippen molar-refractivity contribution in [2.24, 2.45) is 11.8 Å². The maximum atomic E-state index is 2.36. The molecule has 2 atom stereocenters. The van der Waals surface area contributed by atoms with Crippen LogP contribution in [0.1, 0.15) is 40.5 Å². The van der Waals surface area contributed by atoms with Crippen molar-refractivity contribution in [2.45, 2.75) is 18.3 Å². The van der Waals surface area contributed by atoms with Crippen molar-refractivity contribution in [1.29, 1.82) is 0 Å². The van der Waals surface area contributed by atoms with Crippen molar-refractivity contribution in [3.05, 3.63) is 70.8 Å². The monoisotopic (exact) mass is 218 g/mol. The summed E-state index contributed by atoms with van der Waals surface area (Å²) >= 11 is 0. The highest BCUT2D eigenvalue weighted by Gasteiger charge is 2.57. The molecule has 17 heavy (non-hydrogen) atoms. The molecule has 6 rings (SSSR count). The largest absolute Gasteiger partial charge is 0.0620 e. The van der Waals surface area contributed by atoms with Gasteiger partial charge in [0.15, 0.2) is 0 Å². The maximum absolute atomic E-state index is 2.36. The molecule has 0 amide bonds. The quantitative estimate of drug-likeness (QED) is 0.629. The Kier molecular flexibility index (Phi) is 1.32. The third-order valence-corrected chi connectivity index (χ3v) is 5.08. The van der Waals surface area contributed by atoms with Crippen LogP contribution in [0.2, 0.25) is 0 Å². The first kappa shape index (κ1) is 8.52. The van der Waals surface area contributed by atoms with Crippen molar-refractivity contribution in [1.82, 2.24) is 0 Å². The molecule has 0 nitrogen and oxygen atoms in total. The summed E-state index contributed by atoms with van der Waals surface area (Å²) in [5, 5.41) is 0. The summed E-state index contributed by atoms with van der Waals surface area (Å²) in [5.41, 5.74) is 6.48. The molecule has 0 saturated heterocycles. The van der Waals surface area contributed by atoms with Gasteiger partial charge >= 0.3 is 0 Å². The summed E-state index contributed by atoms with van der Waals surface area (Å²) < 4.78 is 0. The molecule has 1 fully saturated rings. The molecular weight excluding hydrogens is 204 g/mol. The molecule has 0 aliphatic heterocycles. The summed E-state index contributed by atoms with van der Waals surface area (Å²) in [6.45, 7) is 0. The van der Waals surface area contributed by atoms with E-state index in [1.807, 2.05) is 0 Å². The van der Waals surface area contributed by atoms with Gasteiger partial charge in [0.25, 0.3) is 0 Å². The summed E-state index contributed by atoms with van der Waals surface area (Å²) in [6.07, 6.45) is 1.44. The van der Waals surface area contributed by atoms with Crippen LogP contribution >= 0.6 is 0 Å². The highest BCUT2D eigenvalue weighted by Crippen LogP contribution is 2.68. The first-order valence-electron chi connectivity index (χ1n) is 6.63. The zero-order chi connectivity index (χ0) is 11.0. The van der Waals surface area contributed by atoms with Crippen molar-refractivity contribution in [3.8, 4) is 0 Å². The molecule has 1 saturated carbocycles. The Morgan fingerprint density at radius 3 is 1.29 bits per heavy atom. The molecule has 2 aromatic carbocycles. The van der Waals surface area contributed by atoms with Crippen molar-refractivity contribution >= 4 is 0 Å². The average molecular weight is 218 g/mol. The van der Waals surface area contributed by atoms with Gasteiger partial charge in [0.2, 0.25) is 0 Å². The van der Waals surface area contributed by atoms with Crippen LogP contribution < -0.4 is 0 Å². The van der Waals surface area contributed by atoms with Crippen molar-refractivity contribution in [3.63, 3.8) is 0 Å². The van der Waals surface area contributed by atoms with Gasteiger partial charge in [0.1, 0.15) is 0 Å². The number of hydrogen-bond acceptors (Lipinski definition) is 0. The smallest absolute Gasteiger partial charge is 0.0127 e. The van der Waals surface area contributed by atoms with Gasteiger partial charge in [-0.05, 0) is 40.5 Å². The standard InChI is InChI=1S/C17H14/c1-2-6-11-10(5-1)16-12-7-3-4-8-13(12)17(11)15-9-14(15)16/h1-8,14-17H,9H2/t14-,15-,16?,17?/m1/s1. The Bertz CT molecular complexity index is 524. The Morgan fingerprint density at radius 1 is 0.588 bits per heavy atom. The van der Waals surface area contributed by atoms with Crippen LogP contribution in [0.3, 0.4) is 0 Å². The lowest BCUT2D eigenvalue weighted by Gasteiger charge is -2.39. The van der Waals surface area contributed by atoms with E-state index >= 15 is 0 Å².